The van der Waals surface area contributed by atoms with Gasteiger partial charge in [0.25, 0.3) is 0 Å². The largest absolute Gasteiger partial charge is 0.394 e. The Hall–Kier alpha value is -1.35. The standard InChI is InChI=1S/C14H19NO8/c15-4-3-6-1-2-7(17)9(18)13(6)23-14-12(21)11(20)10(19)8(5-16)22-14/h1-3,7-14,16-21H,5H2/t7-,8-,9+,10-,11+,12-,13+,14+/m1/s1. The third-order valence-corrected chi connectivity index (χ3v) is 3.83. The third-order valence-electron chi connectivity index (χ3n) is 3.83. The highest BCUT2D eigenvalue weighted by molar-refractivity contribution is 5.34. The maximum Gasteiger partial charge on any atom is 0.187 e. The van der Waals surface area contributed by atoms with E-state index in [0.717, 1.165) is 6.08 Å². The number of ether oxygens (including phenoxy) is 2. The smallest absolute Gasteiger partial charge is 0.187 e. The van der Waals surface area contributed by atoms with E-state index >= 15 is 0 Å². The fraction of sp³-hybridized carbons (Fsp3) is 0.643. The zero-order chi connectivity index (χ0) is 17.1. The molecule has 0 spiro atoms. The summed E-state index contributed by atoms with van der Waals surface area (Å²) >= 11 is 0. The maximum absolute atomic E-state index is 10.0. The molecule has 6 N–H and O–H groups in total. The molecule has 1 heterocycles. The van der Waals surface area contributed by atoms with Crippen LogP contribution in [-0.2, 0) is 9.47 Å². The highest BCUT2D eigenvalue weighted by Crippen LogP contribution is 2.28. The van der Waals surface area contributed by atoms with Crippen LogP contribution in [0, 0.1) is 11.3 Å². The van der Waals surface area contributed by atoms with Gasteiger partial charge in [0.05, 0.1) is 12.7 Å². The van der Waals surface area contributed by atoms with Gasteiger partial charge in [0.2, 0.25) is 0 Å². The Morgan fingerprint density at radius 3 is 2.43 bits per heavy atom. The van der Waals surface area contributed by atoms with Gasteiger partial charge < -0.3 is 40.1 Å². The van der Waals surface area contributed by atoms with Gasteiger partial charge >= 0.3 is 0 Å². The predicted molar refractivity (Wildman–Crippen MR) is 73.5 cm³/mol. The molecule has 1 aliphatic heterocycles. The first-order valence-electron chi connectivity index (χ1n) is 7.00. The van der Waals surface area contributed by atoms with Crippen molar-refractivity contribution in [1.29, 1.82) is 5.26 Å². The quantitative estimate of drug-likeness (QED) is 0.294. The molecule has 23 heavy (non-hydrogen) atoms. The Balaban J connectivity index is 2.20. The van der Waals surface area contributed by atoms with Crippen molar-refractivity contribution in [3.8, 4) is 6.07 Å². The minimum Gasteiger partial charge on any atom is -0.394 e. The second-order valence-corrected chi connectivity index (χ2v) is 5.37. The summed E-state index contributed by atoms with van der Waals surface area (Å²) in [6.45, 7) is -0.624. The monoisotopic (exact) mass is 329 g/mol. The number of nitriles is 1. The molecular weight excluding hydrogens is 310 g/mol. The van der Waals surface area contributed by atoms with Gasteiger partial charge in [-0.2, -0.15) is 5.26 Å². The summed E-state index contributed by atoms with van der Waals surface area (Å²) in [4.78, 5) is 0. The van der Waals surface area contributed by atoms with Crippen LogP contribution in [0.2, 0.25) is 0 Å². The topological polar surface area (TPSA) is 164 Å². The zero-order valence-corrected chi connectivity index (χ0v) is 12.0. The Kier molecular flexibility index (Phi) is 5.85. The van der Waals surface area contributed by atoms with Crippen molar-refractivity contribution in [3.05, 3.63) is 23.8 Å². The molecule has 0 amide bonds. The molecule has 1 fully saturated rings. The fourth-order valence-corrected chi connectivity index (χ4v) is 2.48. The first-order chi connectivity index (χ1) is 10.9. The molecule has 1 saturated heterocycles. The lowest BCUT2D eigenvalue weighted by molar-refractivity contribution is -0.314. The van der Waals surface area contributed by atoms with Crippen molar-refractivity contribution in [3.63, 3.8) is 0 Å². The summed E-state index contributed by atoms with van der Waals surface area (Å²) in [6.07, 6.45) is -7.57. The maximum atomic E-state index is 10.0. The normalized spacial score (nSPS) is 45.9. The summed E-state index contributed by atoms with van der Waals surface area (Å²) < 4.78 is 10.6. The minimum atomic E-state index is -1.65. The van der Waals surface area contributed by atoms with E-state index in [2.05, 4.69) is 0 Å². The summed E-state index contributed by atoms with van der Waals surface area (Å²) in [6, 6.07) is 1.77. The van der Waals surface area contributed by atoms with Gasteiger partial charge in [0, 0.05) is 6.08 Å². The van der Waals surface area contributed by atoms with Crippen molar-refractivity contribution in [2.24, 2.45) is 0 Å². The molecule has 0 aromatic heterocycles. The zero-order valence-electron chi connectivity index (χ0n) is 12.0. The summed E-state index contributed by atoms with van der Waals surface area (Å²) in [5.41, 5.74) is 0.238. The molecule has 0 radical (unpaired) electrons. The van der Waals surface area contributed by atoms with Crippen LogP contribution in [0.25, 0.3) is 0 Å². The summed E-state index contributed by atoms with van der Waals surface area (Å²) in [7, 11) is 0. The lowest BCUT2D eigenvalue weighted by Gasteiger charge is -2.42. The molecule has 8 atom stereocenters. The SMILES string of the molecule is N#CC=C1C=C[C@@H](O)[C@H](O)[C@H]1O[C@@H]1O[C@H](CO)[C@@H](O)[C@H](O)[C@H]1O. The van der Waals surface area contributed by atoms with E-state index < -0.39 is 55.6 Å². The number of nitrogens with zero attached hydrogens (tertiary/aromatic N) is 1. The molecule has 0 unspecified atom stereocenters. The summed E-state index contributed by atoms with van der Waals surface area (Å²) in [5.74, 6) is 0. The van der Waals surface area contributed by atoms with E-state index in [9.17, 15) is 25.5 Å². The van der Waals surface area contributed by atoms with Crippen molar-refractivity contribution in [2.75, 3.05) is 6.61 Å². The molecular formula is C14H19NO8. The van der Waals surface area contributed by atoms with Crippen LogP contribution in [0.5, 0.6) is 0 Å². The van der Waals surface area contributed by atoms with Crippen LogP contribution in [0.4, 0.5) is 0 Å². The molecule has 2 aliphatic rings. The van der Waals surface area contributed by atoms with E-state index in [1.165, 1.54) is 12.2 Å². The van der Waals surface area contributed by atoms with Crippen LogP contribution < -0.4 is 0 Å². The second kappa shape index (κ2) is 7.48. The molecule has 9 heteroatoms. The number of aliphatic hydroxyl groups excluding tert-OH is 6. The van der Waals surface area contributed by atoms with Crippen LogP contribution in [0.3, 0.4) is 0 Å². The molecule has 0 aromatic carbocycles. The van der Waals surface area contributed by atoms with Crippen molar-refractivity contribution in [1.82, 2.24) is 0 Å². The van der Waals surface area contributed by atoms with Gasteiger partial charge in [-0.1, -0.05) is 12.2 Å². The van der Waals surface area contributed by atoms with Crippen LogP contribution in [0.1, 0.15) is 0 Å². The average molecular weight is 329 g/mol. The Labute approximate surface area is 131 Å². The molecule has 1 aliphatic carbocycles. The average Bonchev–Trinajstić information content (AvgIpc) is 2.54. The van der Waals surface area contributed by atoms with Gasteiger partial charge in [-0.25, -0.2) is 0 Å². The van der Waals surface area contributed by atoms with Crippen LogP contribution in [0.15, 0.2) is 23.8 Å². The van der Waals surface area contributed by atoms with Gasteiger partial charge in [-0.05, 0) is 5.57 Å². The lowest BCUT2D eigenvalue weighted by Crippen LogP contribution is -2.60. The van der Waals surface area contributed by atoms with Crippen molar-refractivity contribution >= 4 is 0 Å². The van der Waals surface area contributed by atoms with Gasteiger partial charge in [0.15, 0.2) is 6.29 Å². The highest BCUT2D eigenvalue weighted by atomic mass is 16.7. The Bertz CT molecular complexity index is 513. The first kappa shape index (κ1) is 18.0. The molecule has 0 saturated carbocycles. The molecule has 0 aromatic rings. The number of hydrogen-bond acceptors (Lipinski definition) is 9. The van der Waals surface area contributed by atoms with E-state index in [1.807, 2.05) is 0 Å². The highest BCUT2D eigenvalue weighted by Gasteiger charge is 2.46. The van der Waals surface area contributed by atoms with Gasteiger partial charge in [-0.3, -0.25) is 0 Å². The predicted octanol–water partition coefficient (Wildman–Crippen LogP) is -3.09. The number of rotatable bonds is 3. The van der Waals surface area contributed by atoms with Crippen LogP contribution in [-0.4, -0.2) is 86.3 Å². The lowest BCUT2D eigenvalue weighted by atomic mass is 9.93. The third kappa shape index (κ3) is 3.60. The Morgan fingerprint density at radius 2 is 1.83 bits per heavy atom. The Morgan fingerprint density at radius 1 is 1.13 bits per heavy atom. The minimum absolute atomic E-state index is 0.238. The van der Waals surface area contributed by atoms with E-state index in [0.29, 0.717) is 0 Å². The van der Waals surface area contributed by atoms with Crippen LogP contribution >= 0.6 is 0 Å². The van der Waals surface area contributed by atoms with Crippen molar-refractivity contribution in [2.45, 2.75) is 49.0 Å². The van der Waals surface area contributed by atoms with Gasteiger partial charge in [-0.15, -0.1) is 0 Å². The van der Waals surface area contributed by atoms with E-state index in [4.69, 9.17) is 19.8 Å². The molecule has 128 valence electrons. The molecule has 0 bridgehead atoms. The van der Waals surface area contributed by atoms with E-state index in [-0.39, 0.29) is 5.57 Å². The first-order valence-corrected chi connectivity index (χ1v) is 7.00. The number of aliphatic hydroxyl groups is 6. The molecule has 9 nitrogen and oxygen atoms in total. The number of allylic oxidation sites excluding steroid dienone is 1. The van der Waals surface area contributed by atoms with Crippen molar-refractivity contribution < 1.29 is 40.1 Å². The summed E-state index contributed by atoms with van der Waals surface area (Å²) in [5, 5.41) is 66.9. The van der Waals surface area contributed by atoms with E-state index in [1.54, 1.807) is 6.07 Å². The fourth-order valence-electron chi connectivity index (χ4n) is 2.48. The number of hydrogen-bond donors (Lipinski definition) is 6. The second-order valence-electron chi connectivity index (χ2n) is 5.37. The van der Waals surface area contributed by atoms with Gasteiger partial charge in [0.1, 0.15) is 42.7 Å². The molecule has 2 rings (SSSR count).